The van der Waals surface area contributed by atoms with Crippen molar-refractivity contribution >= 4 is 20.0 Å². The van der Waals surface area contributed by atoms with Crippen LogP contribution in [0.2, 0.25) is 0 Å². The highest BCUT2D eigenvalue weighted by molar-refractivity contribution is 7.89. The van der Waals surface area contributed by atoms with Crippen LogP contribution in [0.3, 0.4) is 0 Å². The predicted octanol–water partition coefficient (Wildman–Crippen LogP) is 0.821. The van der Waals surface area contributed by atoms with Crippen LogP contribution in [0, 0.1) is 0 Å². The third-order valence-corrected chi connectivity index (χ3v) is 5.43. The second kappa shape index (κ2) is 6.67. The summed E-state index contributed by atoms with van der Waals surface area (Å²) in [5, 5.41) is 4.97. The van der Waals surface area contributed by atoms with Crippen LogP contribution in [-0.2, 0) is 26.6 Å². The zero-order valence-corrected chi connectivity index (χ0v) is 13.9. The van der Waals surface area contributed by atoms with Crippen molar-refractivity contribution in [2.45, 2.75) is 16.3 Å². The molecule has 9 heteroatoms. The monoisotopic (exact) mass is 356 g/mol. The van der Waals surface area contributed by atoms with Gasteiger partial charge in [-0.25, -0.2) is 26.7 Å². The van der Waals surface area contributed by atoms with Crippen molar-refractivity contribution < 1.29 is 21.6 Å². The quantitative estimate of drug-likeness (QED) is 0.795. The molecule has 0 unspecified atom stereocenters. The Morgan fingerprint density at radius 1 is 0.913 bits per heavy atom. The van der Waals surface area contributed by atoms with E-state index in [1.165, 1.54) is 12.1 Å². The molecule has 0 aliphatic carbocycles. The van der Waals surface area contributed by atoms with E-state index in [0.29, 0.717) is 5.75 Å². The molecule has 0 atom stereocenters. The molecule has 3 N–H and O–H groups in total. The number of hydrogen-bond donors (Lipinski definition) is 2. The van der Waals surface area contributed by atoms with Gasteiger partial charge in [-0.2, -0.15) is 0 Å². The van der Waals surface area contributed by atoms with Gasteiger partial charge in [-0.15, -0.1) is 0 Å². The van der Waals surface area contributed by atoms with Crippen LogP contribution in [0.25, 0.3) is 0 Å². The second-order valence-corrected chi connectivity index (χ2v) is 8.02. The summed E-state index contributed by atoms with van der Waals surface area (Å²) in [4.78, 5) is -0.190. The third kappa shape index (κ3) is 4.52. The zero-order valence-electron chi connectivity index (χ0n) is 12.3. The fraction of sp³-hybridized carbons (Fsp3) is 0.143. The first-order valence-electron chi connectivity index (χ1n) is 6.48. The molecule has 0 saturated carbocycles. The molecule has 23 heavy (non-hydrogen) atoms. The topological polar surface area (TPSA) is 116 Å². The van der Waals surface area contributed by atoms with E-state index in [-0.39, 0.29) is 16.3 Å². The van der Waals surface area contributed by atoms with Gasteiger partial charge in [0, 0.05) is 6.54 Å². The van der Waals surface area contributed by atoms with Gasteiger partial charge in [0.25, 0.3) is 0 Å². The molecule has 0 spiro atoms. The van der Waals surface area contributed by atoms with Crippen LogP contribution in [0.1, 0.15) is 5.56 Å². The standard InChI is InChI=1S/C14H16N2O5S2/c1-21-12-4-2-11(3-5-12)10-16-23(19,20)14-8-6-13(7-9-14)22(15,17)18/h2-9,16H,10H2,1H3,(H2,15,17,18). The van der Waals surface area contributed by atoms with Gasteiger partial charge in [0.15, 0.2) is 0 Å². The van der Waals surface area contributed by atoms with Crippen LogP contribution >= 0.6 is 0 Å². The number of hydrogen-bond acceptors (Lipinski definition) is 5. The number of benzene rings is 2. The van der Waals surface area contributed by atoms with E-state index in [2.05, 4.69) is 4.72 Å². The van der Waals surface area contributed by atoms with Crippen molar-refractivity contribution in [3.05, 3.63) is 54.1 Å². The third-order valence-electron chi connectivity index (χ3n) is 3.09. The van der Waals surface area contributed by atoms with Gasteiger partial charge >= 0.3 is 0 Å². The molecule has 0 bridgehead atoms. The minimum absolute atomic E-state index is 0.0431. The molecule has 0 radical (unpaired) electrons. The van der Waals surface area contributed by atoms with Crippen molar-refractivity contribution in [2.75, 3.05) is 7.11 Å². The number of ether oxygens (including phenoxy) is 1. The average molecular weight is 356 g/mol. The lowest BCUT2D eigenvalue weighted by Gasteiger charge is -2.08. The number of nitrogens with two attached hydrogens (primary N) is 1. The molecule has 0 saturated heterocycles. The molecule has 7 nitrogen and oxygen atoms in total. The van der Waals surface area contributed by atoms with E-state index < -0.39 is 20.0 Å². The summed E-state index contributed by atoms with van der Waals surface area (Å²) >= 11 is 0. The summed E-state index contributed by atoms with van der Waals surface area (Å²) < 4.78 is 54.1. The van der Waals surface area contributed by atoms with Crippen molar-refractivity contribution in [3.8, 4) is 5.75 Å². The molecule has 2 aromatic carbocycles. The van der Waals surface area contributed by atoms with Gasteiger partial charge in [0.2, 0.25) is 20.0 Å². The number of rotatable bonds is 6. The molecule has 2 rings (SSSR count). The van der Waals surface area contributed by atoms with E-state index >= 15 is 0 Å². The van der Waals surface area contributed by atoms with Crippen molar-refractivity contribution in [2.24, 2.45) is 5.14 Å². The lowest BCUT2D eigenvalue weighted by atomic mass is 10.2. The normalized spacial score (nSPS) is 12.1. The number of methoxy groups -OCH3 is 1. The van der Waals surface area contributed by atoms with E-state index in [4.69, 9.17) is 9.88 Å². The van der Waals surface area contributed by atoms with Gasteiger partial charge < -0.3 is 4.74 Å². The summed E-state index contributed by atoms with van der Waals surface area (Å²) in [5.41, 5.74) is 0.760. The molecular formula is C14H16N2O5S2. The minimum atomic E-state index is -3.85. The summed E-state index contributed by atoms with van der Waals surface area (Å²) in [7, 11) is -6.06. The molecule has 0 heterocycles. The Labute approximate surface area is 135 Å². The molecular weight excluding hydrogens is 340 g/mol. The Morgan fingerprint density at radius 3 is 1.91 bits per heavy atom. The molecule has 0 aliphatic rings. The SMILES string of the molecule is COc1ccc(CNS(=O)(=O)c2ccc(S(N)(=O)=O)cc2)cc1. The van der Waals surface area contributed by atoms with Gasteiger partial charge in [-0.3, -0.25) is 0 Å². The molecule has 0 aromatic heterocycles. The van der Waals surface area contributed by atoms with Gasteiger partial charge in [-0.1, -0.05) is 12.1 Å². The first-order valence-corrected chi connectivity index (χ1v) is 9.51. The van der Waals surface area contributed by atoms with Crippen LogP contribution in [-0.4, -0.2) is 23.9 Å². The Kier molecular flexibility index (Phi) is 5.05. The number of nitrogens with one attached hydrogen (secondary N) is 1. The van der Waals surface area contributed by atoms with Crippen LogP contribution in [0.4, 0.5) is 0 Å². The van der Waals surface area contributed by atoms with Crippen LogP contribution in [0.5, 0.6) is 5.75 Å². The minimum Gasteiger partial charge on any atom is -0.497 e. The molecule has 124 valence electrons. The molecule has 2 aromatic rings. The van der Waals surface area contributed by atoms with Crippen LogP contribution < -0.4 is 14.6 Å². The van der Waals surface area contributed by atoms with Gasteiger partial charge in [0.1, 0.15) is 5.75 Å². The Hall–Kier alpha value is -1.94. The zero-order chi connectivity index (χ0) is 17.1. The smallest absolute Gasteiger partial charge is 0.240 e. The highest BCUT2D eigenvalue weighted by Gasteiger charge is 2.15. The molecule has 0 amide bonds. The van der Waals surface area contributed by atoms with Crippen molar-refractivity contribution in [3.63, 3.8) is 0 Å². The largest absolute Gasteiger partial charge is 0.497 e. The summed E-state index contributed by atoms with van der Waals surface area (Å²) in [6.07, 6.45) is 0. The van der Waals surface area contributed by atoms with Crippen molar-refractivity contribution in [1.82, 2.24) is 4.72 Å². The van der Waals surface area contributed by atoms with Gasteiger partial charge in [-0.05, 0) is 42.0 Å². The summed E-state index contributed by atoms with van der Waals surface area (Å²) in [6, 6.07) is 11.6. The fourth-order valence-corrected chi connectivity index (χ4v) is 3.35. The maximum absolute atomic E-state index is 12.2. The summed E-state index contributed by atoms with van der Waals surface area (Å²) in [6.45, 7) is 0.100. The first kappa shape index (κ1) is 17.4. The van der Waals surface area contributed by atoms with E-state index in [0.717, 1.165) is 17.7 Å². The highest BCUT2D eigenvalue weighted by Crippen LogP contribution is 2.15. The highest BCUT2D eigenvalue weighted by atomic mass is 32.2. The van der Waals surface area contributed by atoms with E-state index in [1.54, 1.807) is 31.4 Å². The lowest BCUT2D eigenvalue weighted by Crippen LogP contribution is -2.23. The Bertz CT molecular complexity index is 874. The Balaban J connectivity index is 2.12. The summed E-state index contributed by atoms with van der Waals surface area (Å²) in [5.74, 6) is 0.676. The van der Waals surface area contributed by atoms with E-state index in [9.17, 15) is 16.8 Å². The maximum atomic E-state index is 12.2. The van der Waals surface area contributed by atoms with E-state index in [1.807, 2.05) is 0 Å². The lowest BCUT2D eigenvalue weighted by molar-refractivity contribution is 0.414. The first-order chi connectivity index (χ1) is 10.7. The van der Waals surface area contributed by atoms with Crippen molar-refractivity contribution in [1.29, 1.82) is 0 Å². The fourth-order valence-electron chi connectivity index (χ4n) is 1.81. The predicted molar refractivity (Wildman–Crippen MR) is 84.8 cm³/mol. The number of sulfonamides is 2. The maximum Gasteiger partial charge on any atom is 0.240 e. The molecule has 0 fully saturated rings. The number of primary sulfonamides is 1. The van der Waals surface area contributed by atoms with Gasteiger partial charge in [0.05, 0.1) is 16.9 Å². The second-order valence-electron chi connectivity index (χ2n) is 4.69. The molecule has 0 aliphatic heterocycles. The Morgan fingerprint density at radius 2 is 1.43 bits per heavy atom. The average Bonchev–Trinajstić information content (AvgIpc) is 2.53. The van der Waals surface area contributed by atoms with Crippen LogP contribution in [0.15, 0.2) is 58.3 Å².